The Kier molecular flexibility index (Phi) is 8.51. The number of piperidine rings is 1. The maximum absolute atomic E-state index is 13.7. The first-order chi connectivity index (χ1) is 18.7. The van der Waals surface area contributed by atoms with Gasteiger partial charge in [0.05, 0.1) is 27.0 Å². The topological polar surface area (TPSA) is 111 Å². The lowest BCUT2D eigenvalue weighted by molar-refractivity contribution is -0.136. The average Bonchev–Trinajstić information content (AvgIpc) is 3.51. The van der Waals surface area contributed by atoms with Crippen molar-refractivity contribution in [2.45, 2.75) is 42.7 Å². The van der Waals surface area contributed by atoms with Crippen LogP contribution in [0.4, 0.5) is 0 Å². The molecule has 3 heterocycles. The largest absolute Gasteiger partial charge is 0.385 e. The quantitative estimate of drug-likeness (QED) is 0.398. The van der Waals surface area contributed by atoms with Gasteiger partial charge < -0.3 is 19.9 Å². The van der Waals surface area contributed by atoms with Crippen LogP contribution in [0.5, 0.6) is 0 Å². The number of halogens is 2. The minimum atomic E-state index is -3.96. The SMILES string of the molecule is COCCCn1c([C@@H]2CCCN(C(=O)[C@@H]3CN(S(=O)(=O)c4cccc(Cl)c4Cl)C[C@H]3N)C2)nc2ccccc21. The molecule has 0 spiro atoms. The van der Waals surface area contributed by atoms with E-state index in [-0.39, 0.29) is 39.9 Å². The number of ether oxygens (including phenoxy) is 1. The molecule has 2 saturated heterocycles. The van der Waals surface area contributed by atoms with Crippen molar-refractivity contribution in [1.29, 1.82) is 0 Å². The highest BCUT2D eigenvalue weighted by molar-refractivity contribution is 7.89. The number of amides is 1. The summed E-state index contributed by atoms with van der Waals surface area (Å²) in [5.41, 5.74) is 8.38. The van der Waals surface area contributed by atoms with Crippen LogP contribution in [-0.4, -0.2) is 79.0 Å². The Bertz CT molecular complexity index is 1460. The van der Waals surface area contributed by atoms with Gasteiger partial charge in [0.25, 0.3) is 0 Å². The normalized spacial score (nSPS) is 22.6. The summed E-state index contributed by atoms with van der Waals surface area (Å²) < 4.78 is 35.5. The summed E-state index contributed by atoms with van der Waals surface area (Å²) in [4.78, 5) is 20.4. The molecule has 3 atom stereocenters. The van der Waals surface area contributed by atoms with Gasteiger partial charge in [0.1, 0.15) is 10.7 Å². The Morgan fingerprint density at radius 1 is 1.13 bits per heavy atom. The molecule has 0 bridgehead atoms. The standard InChI is InChI=1S/C27H33Cl2N5O4S/c1-38-14-6-13-34-23-10-3-2-9-22(23)31-26(34)18-7-5-12-32(15-18)27(35)19-16-33(17-21(19)30)39(36,37)24-11-4-8-20(28)25(24)29/h2-4,8-11,18-19,21H,5-7,12-17,30H2,1H3/t18-,19-,21-/m1/s1. The number of aromatic nitrogens is 2. The first-order valence-corrected chi connectivity index (χ1v) is 15.3. The van der Waals surface area contributed by atoms with E-state index in [1.807, 2.05) is 23.1 Å². The van der Waals surface area contributed by atoms with E-state index in [2.05, 4.69) is 10.6 Å². The second-order valence-electron chi connectivity index (χ2n) is 10.2. The van der Waals surface area contributed by atoms with Crippen molar-refractivity contribution in [1.82, 2.24) is 18.8 Å². The molecule has 2 aliphatic rings. The molecule has 210 valence electrons. The summed E-state index contributed by atoms with van der Waals surface area (Å²) in [6.45, 7) is 2.59. The molecule has 39 heavy (non-hydrogen) atoms. The second kappa shape index (κ2) is 11.7. The number of sulfonamides is 1. The van der Waals surface area contributed by atoms with Crippen LogP contribution in [0.15, 0.2) is 47.4 Å². The minimum Gasteiger partial charge on any atom is -0.385 e. The summed E-state index contributed by atoms with van der Waals surface area (Å²) in [5, 5.41) is 0.122. The molecule has 2 aromatic carbocycles. The molecule has 0 aliphatic carbocycles. The van der Waals surface area contributed by atoms with Crippen molar-refractivity contribution in [2.75, 3.05) is 39.9 Å². The van der Waals surface area contributed by atoms with Crippen molar-refractivity contribution >= 4 is 50.2 Å². The first kappa shape index (κ1) is 28.3. The van der Waals surface area contributed by atoms with Crippen LogP contribution in [0.1, 0.15) is 31.0 Å². The number of hydrogen-bond donors (Lipinski definition) is 1. The lowest BCUT2D eigenvalue weighted by atomic mass is 9.94. The fourth-order valence-corrected chi connectivity index (χ4v) is 7.94. The van der Waals surface area contributed by atoms with E-state index in [4.69, 9.17) is 38.7 Å². The summed E-state index contributed by atoms with van der Waals surface area (Å²) in [7, 11) is -2.27. The van der Waals surface area contributed by atoms with Gasteiger partial charge in [-0.25, -0.2) is 13.4 Å². The van der Waals surface area contributed by atoms with E-state index >= 15 is 0 Å². The zero-order chi connectivity index (χ0) is 27.7. The number of hydrogen-bond acceptors (Lipinski definition) is 6. The van der Waals surface area contributed by atoms with Gasteiger partial charge in [-0.05, 0) is 43.5 Å². The Balaban J connectivity index is 1.34. The van der Waals surface area contributed by atoms with Gasteiger partial charge in [-0.15, -0.1) is 0 Å². The predicted molar refractivity (Wildman–Crippen MR) is 151 cm³/mol. The van der Waals surface area contributed by atoms with Gasteiger partial charge in [-0.3, -0.25) is 4.79 Å². The van der Waals surface area contributed by atoms with Gasteiger partial charge in [0.2, 0.25) is 15.9 Å². The third-order valence-electron chi connectivity index (χ3n) is 7.70. The molecule has 0 saturated carbocycles. The monoisotopic (exact) mass is 593 g/mol. The zero-order valence-electron chi connectivity index (χ0n) is 21.8. The van der Waals surface area contributed by atoms with E-state index in [1.165, 1.54) is 22.5 Å². The van der Waals surface area contributed by atoms with Crippen molar-refractivity contribution in [3.63, 3.8) is 0 Å². The number of likely N-dealkylation sites (tertiary alicyclic amines) is 1. The predicted octanol–water partition coefficient (Wildman–Crippen LogP) is 3.73. The molecule has 2 N–H and O–H groups in total. The van der Waals surface area contributed by atoms with E-state index in [0.29, 0.717) is 19.7 Å². The third-order valence-corrected chi connectivity index (χ3v) is 10.5. The summed E-state index contributed by atoms with van der Waals surface area (Å²) >= 11 is 12.3. The number of rotatable bonds is 8. The highest BCUT2D eigenvalue weighted by atomic mass is 35.5. The van der Waals surface area contributed by atoms with E-state index in [0.717, 1.165) is 42.7 Å². The van der Waals surface area contributed by atoms with Crippen LogP contribution in [0.3, 0.4) is 0 Å². The Morgan fingerprint density at radius 3 is 2.72 bits per heavy atom. The number of benzene rings is 2. The highest BCUT2D eigenvalue weighted by Gasteiger charge is 2.44. The Morgan fingerprint density at radius 2 is 1.92 bits per heavy atom. The average molecular weight is 595 g/mol. The number of methoxy groups -OCH3 is 1. The van der Waals surface area contributed by atoms with Crippen LogP contribution in [0, 0.1) is 5.92 Å². The lowest BCUT2D eigenvalue weighted by Crippen LogP contribution is -2.47. The number of imidazole rings is 1. The van der Waals surface area contributed by atoms with E-state index < -0.39 is 22.0 Å². The van der Waals surface area contributed by atoms with Crippen molar-refractivity contribution in [2.24, 2.45) is 11.7 Å². The number of aryl methyl sites for hydroxylation is 1. The lowest BCUT2D eigenvalue weighted by Gasteiger charge is -2.35. The minimum absolute atomic E-state index is 0.00186. The number of carbonyl (C=O) groups excluding carboxylic acids is 1. The summed E-state index contributed by atoms with van der Waals surface area (Å²) in [6, 6.07) is 11.9. The maximum Gasteiger partial charge on any atom is 0.244 e. The number of fused-ring (bicyclic) bond motifs is 1. The van der Waals surface area contributed by atoms with Crippen LogP contribution >= 0.6 is 23.2 Å². The zero-order valence-corrected chi connectivity index (χ0v) is 24.1. The fourth-order valence-electron chi connectivity index (χ4n) is 5.70. The molecule has 0 unspecified atom stereocenters. The molecule has 1 aromatic heterocycles. The molecule has 9 nitrogen and oxygen atoms in total. The second-order valence-corrected chi connectivity index (χ2v) is 12.9. The van der Waals surface area contributed by atoms with Gasteiger partial charge >= 0.3 is 0 Å². The first-order valence-electron chi connectivity index (χ1n) is 13.1. The number of nitrogens with zero attached hydrogens (tertiary/aromatic N) is 4. The molecule has 5 rings (SSSR count). The maximum atomic E-state index is 13.7. The summed E-state index contributed by atoms with van der Waals surface area (Å²) in [5.74, 6) is 0.279. The van der Waals surface area contributed by atoms with Crippen molar-refractivity contribution in [3.8, 4) is 0 Å². The molecule has 3 aromatic rings. The number of nitrogens with two attached hydrogens (primary N) is 1. The third kappa shape index (κ3) is 5.55. The Hall–Kier alpha value is -2.21. The van der Waals surface area contributed by atoms with Gasteiger partial charge in [-0.2, -0.15) is 4.31 Å². The highest BCUT2D eigenvalue weighted by Crippen LogP contribution is 2.35. The van der Waals surface area contributed by atoms with Gasteiger partial charge in [0, 0.05) is 58.4 Å². The smallest absolute Gasteiger partial charge is 0.244 e. The molecular formula is C27H33Cl2N5O4S. The van der Waals surface area contributed by atoms with Crippen LogP contribution in [0.2, 0.25) is 10.0 Å². The van der Waals surface area contributed by atoms with E-state index in [9.17, 15) is 13.2 Å². The van der Waals surface area contributed by atoms with Crippen LogP contribution in [-0.2, 0) is 26.1 Å². The number of para-hydroxylation sites is 2. The van der Waals surface area contributed by atoms with Crippen molar-refractivity contribution < 1.29 is 17.9 Å². The molecule has 12 heteroatoms. The summed E-state index contributed by atoms with van der Waals surface area (Å²) in [6.07, 6.45) is 2.61. The number of carbonyl (C=O) groups is 1. The molecule has 2 fully saturated rings. The molecule has 0 radical (unpaired) electrons. The van der Waals surface area contributed by atoms with Crippen molar-refractivity contribution in [3.05, 3.63) is 58.3 Å². The van der Waals surface area contributed by atoms with Gasteiger partial charge in [-0.1, -0.05) is 41.4 Å². The van der Waals surface area contributed by atoms with Gasteiger partial charge in [0.15, 0.2) is 0 Å². The van der Waals surface area contributed by atoms with Crippen LogP contribution < -0.4 is 5.73 Å². The fraction of sp³-hybridized carbons (Fsp3) is 0.481. The molecule has 2 aliphatic heterocycles. The molecular weight excluding hydrogens is 561 g/mol. The van der Waals surface area contributed by atoms with E-state index in [1.54, 1.807) is 7.11 Å². The Labute approximate surface area is 238 Å². The molecule has 1 amide bonds. The van der Waals surface area contributed by atoms with Crippen LogP contribution in [0.25, 0.3) is 11.0 Å².